The van der Waals surface area contributed by atoms with E-state index < -0.39 is 0 Å². The van der Waals surface area contributed by atoms with Crippen LogP contribution in [-0.4, -0.2) is 6.61 Å². The van der Waals surface area contributed by atoms with Crippen molar-refractivity contribution >= 4 is 34.8 Å². The van der Waals surface area contributed by atoms with E-state index in [4.69, 9.17) is 44.3 Å². The number of benzene rings is 2. The molecule has 0 aliphatic heterocycles. The van der Waals surface area contributed by atoms with Gasteiger partial charge in [-0.25, -0.2) is 0 Å². The van der Waals surface area contributed by atoms with Gasteiger partial charge in [-0.15, -0.1) is 0 Å². The normalized spacial score (nSPS) is 11.0. The largest absolute Gasteiger partial charge is 0.489 e. The summed E-state index contributed by atoms with van der Waals surface area (Å²) in [5.74, 6) is 2.85. The van der Waals surface area contributed by atoms with Crippen molar-refractivity contribution in [3.8, 4) is 17.2 Å². The summed E-state index contributed by atoms with van der Waals surface area (Å²) >= 11 is 17.4. The minimum absolute atomic E-state index is 0.197. The number of halogens is 3. The molecule has 140 valence electrons. The lowest BCUT2D eigenvalue weighted by molar-refractivity contribution is 0.350. The number of hydrogen-bond acceptors (Lipinski definition) is 2. The first-order valence-electron chi connectivity index (χ1n) is 8.53. The molecular weight excluding hydrogens is 391 g/mol. The van der Waals surface area contributed by atoms with Crippen molar-refractivity contribution in [3.05, 3.63) is 63.1 Å². The highest BCUT2D eigenvalue weighted by molar-refractivity contribution is 6.55. The molecule has 0 N–H and O–H groups in total. The Bertz CT molecular complexity index is 750. The van der Waals surface area contributed by atoms with Gasteiger partial charge in [0.25, 0.3) is 0 Å². The van der Waals surface area contributed by atoms with E-state index in [0.29, 0.717) is 17.4 Å². The highest BCUT2D eigenvalue weighted by Crippen LogP contribution is 2.39. The molecule has 2 rings (SSSR count). The minimum Gasteiger partial charge on any atom is -0.489 e. The topological polar surface area (TPSA) is 18.5 Å². The molecule has 2 nitrogen and oxygen atoms in total. The fourth-order valence-electron chi connectivity index (χ4n) is 2.58. The van der Waals surface area contributed by atoms with Crippen LogP contribution in [0.15, 0.2) is 47.0 Å². The van der Waals surface area contributed by atoms with Gasteiger partial charge in [0.1, 0.15) is 28.3 Å². The van der Waals surface area contributed by atoms with Crippen LogP contribution in [0.3, 0.4) is 0 Å². The fraction of sp³-hybridized carbons (Fsp3) is 0.333. The summed E-state index contributed by atoms with van der Waals surface area (Å²) in [6.07, 6.45) is 1.63. The van der Waals surface area contributed by atoms with E-state index >= 15 is 0 Å². The summed E-state index contributed by atoms with van der Waals surface area (Å²) in [7, 11) is 0. The SMILES string of the molecule is CC(C)c1cc(Oc2cccc(Cl)c2)cc(C(C)C)c1OCC=C(Cl)Cl. The molecule has 0 radical (unpaired) electrons. The van der Waals surface area contributed by atoms with E-state index in [0.717, 1.165) is 22.6 Å². The van der Waals surface area contributed by atoms with E-state index in [2.05, 4.69) is 27.7 Å². The molecule has 0 unspecified atom stereocenters. The summed E-state index contributed by atoms with van der Waals surface area (Å²) in [5, 5.41) is 0.639. The molecule has 0 atom stereocenters. The molecule has 0 saturated heterocycles. The van der Waals surface area contributed by atoms with Crippen molar-refractivity contribution in [1.29, 1.82) is 0 Å². The lowest BCUT2D eigenvalue weighted by Gasteiger charge is -2.21. The van der Waals surface area contributed by atoms with Crippen molar-refractivity contribution in [1.82, 2.24) is 0 Å². The molecule has 26 heavy (non-hydrogen) atoms. The molecule has 0 bridgehead atoms. The van der Waals surface area contributed by atoms with Crippen molar-refractivity contribution in [2.24, 2.45) is 0 Å². The lowest BCUT2D eigenvalue weighted by atomic mass is 9.93. The molecule has 0 heterocycles. The van der Waals surface area contributed by atoms with Crippen LogP contribution in [-0.2, 0) is 0 Å². The molecule has 0 amide bonds. The molecule has 0 aromatic heterocycles. The van der Waals surface area contributed by atoms with Gasteiger partial charge >= 0.3 is 0 Å². The first-order chi connectivity index (χ1) is 12.3. The first kappa shape index (κ1) is 21.0. The summed E-state index contributed by atoms with van der Waals surface area (Å²) in [6, 6.07) is 11.4. The van der Waals surface area contributed by atoms with E-state index in [1.807, 2.05) is 30.3 Å². The smallest absolute Gasteiger partial charge is 0.128 e. The van der Waals surface area contributed by atoms with Gasteiger partial charge in [0.2, 0.25) is 0 Å². The van der Waals surface area contributed by atoms with E-state index in [9.17, 15) is 0 Å². The monoisotopic (exact) mass is 412 g/mol. The standard InChI is InChI=1S/C21H23Cl3O2/c1-13(2)18-11-17(26-16-7-5-6-15(22)10-16)12-19(14(3)4)21(18)25-9-8-20(23)24/h5-8,10-14H,9H2,1-4H3. The van der Waals surface area contributed by atoms with Gasteiger partial charge in [0.05, 0.1) is 0 Å². The maximum absolute atomic E-state index is 6.06. The van der Waals surface area contributed by atoms with Gasteiger partial charge < -0.3 is 9.47 Å². The van der Waals surface area contributed by atoms with Gasteiger partial charge in [0, 0.05) is 16.1 Å². The zero-order chi connectivity index (χ0) is 19.3. The van der Waals surface area contributed by atoms with Gasteiger partial charge in [-0.05, 0) is 48.2 Å². The first-order valence-corrected chi connectivity index (χ1v) is 9.66. The Morgan fingerprint density at radius 2 is 1.58 bits per heavy atom. The van der Waals surface area contributed by atoms with Crippen LogP contribution in [0.5, 0.6) is 17.2 Å². The highest BCUT2D eigenvalue weighted by Gasteiger charge is 2.18. The fourth-order valence-corrected chi connectivity index (χ4v) is 2.89. The van der Waals surface area contributed by atoms with Gasteiger partial charge in [-0.2, -0.15) is 0 Å². The predicted molar refractivity (Wildman–Crippen MR) is 111 cm³/mol. The minimum atomic E-state index is 0.197. The second-order valence-electron chi connectivity index (χ2n) is 6.60. The lowest BCUT2D eigenvalue weighted by Crippen LogP contribution is -2.05. The Morgan fingerprint density at radius 1 is 0.962 bits per heavy atom. The maximum atomic E-state index is 6.06. The molecule has 5 heteroatoms. The second-order valence-corrected chi connectivity index (χ2v) is 8.05. The zero-order valence-corrected chi connectivity index (χ0v) is 17.6. The average Bonchev–Trinajstić information content (AvgIpc) is 2.54. The van der Waals surface area contributed by atoms with Gasteiger partial charge in [-0.1, -0.05) is 68.6 Å². The van der Waals surface area contributed by atoms with Crippen LogP contribution in [0.2, 0.25) is 5.02 Å². The maximum Gasteiger partial charge on any atom is 0.128 e. The number of hydrogen-bond donors (Lipinski definition) is 0. The molecule has 0 aliphatic rings. The van der Waals surface area contributed by atoms with E-state index in [-0.39, 0.29) is 16.3 Å². The second kappa shape index (κ2) is 9.55. The Hall–Kier alpha value is -1.35. The van der Waals surface area contributed by atoms with Crippen LogP contribution < -0.4 is 9.47 Å². The summed E-state index contributed by atoms with van der Waals surface area (Å²) in [5.41, 5.74) is 2.15. The van der Waals surface area contributed by atoms with Crippen LogP contribution in [0, 0.1) is 0 Å². The molecule has 2 aromatic rings. The van der Waals surface area contributed by atoms with Crippen LogP contribution >= 0.6 is 34.8 Å². The Morgan fingerprint density at radius 3 is 2.08 bits per heavy atom. The Balaban J connectivity index is 2.43. The molecule has 0 aliphatic carbocycles. The van der Waals surface area contributed by atoms with Crippen molar-refractivity contribution in [3.63, 3.8) is 0 Å². The van der Waals surface area contributed by atoms with Crippen molar-refractivity contribution in [2.45, 2.75) is 39.5 Å². The zero-order valence-electron chi connectivity index (χ0n) is 15.4. The molecule has 0 fully saturated rings. The third kappa shape index (κ3) is 5.84. The number of ether oxygens (including phenoxy) is 2. The van der Waals surface area contributed by atoms with Crippen LogP contribution in [0.4, 0.5) is 0 Å². The van der Waals surface area contributed by atoms with Crippen LogP contribution in [0.1, 0.15) is 50.7 Å². The van der Waals surface area contributed by atoms with Crippen molar-refractivity contribution in [2.75, 3.05) is 6.61 Å². The average molecular weight is 414 g/mol. The molecule has 0 spiro atoms. The predicted octanol–water partition coefficient (Wildman–Crippen LogP) is 8.08. The molecule has 0 saturated carbocycles. The van der Waals surface area contributed by atoms with E-state index in [1.165, 1.54) is 0 Å². The van der Waals surface area contributed by atoms with Crippen LogP contribution in [0.25, 0.3) is 0 Å². The van der Waals surface area contributed by atoms with E-state index in [1.54, 1.807) is 12.1 Å². The summed E-state index contributed by atoms with van der Waals surface area (Å²) < 4.78 is 12.2. The highest BCUT2D eigenvalue weighted by atomic mass is 35.5. The van der Waals surface area contributed by atoms with Gasteiger partial charge in [-0.3, -0.25) is 0 Å². The summed E-state index contributed by atoms with van der Waals surface area (Å²) in [6.45, 7) is 8.82. The molecular formula is C21H23Cl3O2. The summed E-state index contributed by atoms with van der Waals surface area (Å²) in [4.78, 5) is 0. The molecule has 2 aromatic carbocycles. The van der Waals surface area contributed by atoms with Crippen molar-refractivity contribution < 1.29 is 9.47 Å². The third-order valence-corrected chi connectivity index (χ3v) is 4.40. The Labute approximate surface area is 170 Å². The number of rotatable bonds is 7. The quantitative estimate of drug-likeness (QED) is 0.456. The third-order valence-electron chi connectivity index (χ3n) is 3.86. The van der Waals surface area contributed by atoms with Gasteiger partial charge in [0.15, 0.2) is 0 Å². The Kier molecular flexibility index (Phi) is 7.69.